The number of aryl methyl sites for hydroxylation is 1. The van der Waals surface area contributed by atoms with Crippen LogP contribution in [0.25, 0.3) is 0 Å². The number of thiophene rings is 1. The maximum absolute atomic E-state index is 11.5. The molecule has 1 saturated heterocycles. The van der Waals surface area contributed by atoms with Crippen LogP contribution in [0.5, 0.6) is 5.75 Å². The van der Waals surface area contributed by atoms with E-state index in [2.05, 4.69) is 10.2 Å². The molecule has 0 bridgehead atoms. The smallest absolute Gasteiger partial charge is 0.278 e. The predicted molar refractivity (Wildman–Crippen MR) is 90.1 cm³/mol. The Labute approximate surface area is 138 Å². The third-order valence-electron chi connectivity index (χ3n) is 4.20. The van der Waals surface area contributed by atoms with E-state index in [9.17, 15) is 15.2 Å². The van der Waals surface area contributed by atoms with Gasteiger partial charge in [0.25, 0.3) is 5.69 Å². The topological polar surface area (TPSA) is 78.6 Å². The summed E-state index contributed by atoms with van der Waals surface area (Å²) in [6, 6.07) is 6.71. The molecule has 1 aromatic heterocycles. The van der Waals surface area contributed by atoms with Gasteiger partial charge >= 0.3 is 0 Å². The van der Waals surface area contributed by atoms with Crippen molar-refractivity contribution in [2.24, 2.45) is 0 Å². The van der Waals surface area contributed by atoms with E-state index in [1.165, 1.54) is 6.07 Å². The van der Waals surface area contributed by atoms with Crippen LogP contribution in [0.2, 0.25) is 0 Å². The maximum atomic E-state index is 11.5. The molecule has 0 aliphatic carbocycles. The summed E-state index contributed by atoms with van der Waals surface area (Å²) in [5.41, 5.74) is 1.03. The van der Waals surface area contributed by atoms with Gasteiger partial charge in [0, 0.05) is 37.1 Å². The van der Waals surface area contributed by atoms with Crippen LogP contribution in [0.15, 0.2) is 29.6 Å². The van der Waals surface area contributed by atoms with Crippen molar-refractivity contribution in [2.45, 2.75) is 13.0 Å². The van der Waals surface area contributed by atoms with Gasteiger partial charge in [-0.05, 0) is 30.0 Å². The van der Waals surface area contributed by atoms with Crippen LogP contribution in [0.3, 0.4) is 0 Å². The second-order valence-corrected chi connectivity index (χ2v) is 6.60. The second-order valence-electron chi connectivity index (χ2n) is 5.62. The lowest BCUT2D eigenvalue weighted by Gasteiger charge is -2.34. The molecule has 0 saturated carbocycles. The van der Waals surface area contributed by atoms with Crippen molar-refractivity contribution in [3.8, 4) is 5.75 Å². The van der Waals surface area contributed by atoms with E-state index < -0.39 is 4.92 Å². The van der Waals surface area contributed by atoms with E-state index in [1.54, 1.807) is 24.3 Å². The molecule has 0 radical (unpaired) electrons. The quantitative estimate of drug-likeness (QED) is 0.664. The summed E-state index contributed by atoms with van der Waals surface area (Å²) in [5.74, 6) is 0.0242. The number of rotatable bonds is 4. The molecule has 1 aliphatic rings. The fourth-order valence-corrected chi connectivity index (χ4v) is 3.89. The minimum absolute atomic E-state index is 0.0231. The first-order valence-corrected chi connectivity index (χ1v) is 8.42. The van der Waals surface area contributed by atoms with Crippen LogP contribution >= 0.6 is 11.3 Å². The third-order valence-corrected chi connectivity index (χ3v) is 5.12. The summed E-state index contributed by atoms with van der Waals surface area (Å²) in [4.78, 5) is 14.3. The molecule has 1 aliphatic heterocycles. The molecule has 1 aromatic carbocycles. The molecule has 0 unspecified atom stereocenters. The monoisotopic (exact) mass is 333 g/mol. The van der Waals surface area contributed by atoms with Crippen molar-refractivity contribution in [3.05, 3.63) is 55.8 Å². The number of hydrogen-bond donors (Lipinski definition) is 2. The first kappa shape index (κ1) is 15.9. The number of nitro benzene ring substituents is 1. The average Bonchev–Trinajstić information content (AvgIpc) is 3.07. The minimum Gasteiger partial charge on any atom is -0.507 e. The number of phenols is 1. The van der Waals surface area contributed by atoms with Crippen molar-refractivity contribution < 1.29 is 10.0 Å². The zero-order valence-corrected chi connectivity index (χ0v) is 13.7. The largest absolute Gasteiger partial charge is 0.507 e. The van der Waals surface area contributed by atoms with Crippen LogP contribution in [-0.4, -0.2) is 41.1 Å². The van der Waals surface area contributed by atoms with Gasteiger partial charge in [0.1, 0.15) is 5.75 Å². The third kappa shape index (κ3) is 3.08. The van der Waals surface area contributed by atoms with Crippen molar-refractivity contribution in [2.75, 3.05) is 26.2 Å². The molecule has 7 heteroatoms. The van der Waals surface area contributed by atoms with Gasteiger partial charge in [-0.3, -0.25) is 15.0 Å². The van der Waals surface area contributed by atoms with Crippen LogP contribution in [0, 0.1) is 17.0 Å². The SMILES string of the molecule is Cc1ccc([N+](=O)[O-])c([C@H](c2cccs2)N2CCNCC2)c1O. The summed E-state index contributed by atoms with van der Waals surface area (Å²) in [6.07, 6.45) is 0. The van der Waals surface area contributed by atoms with E-state index in [1.807, 2.05) is 17.5 Å². The Morgan fingerprint density at radius 1 is 1.35 bits per heavy atom. The van der Waals surface area contributed by atoms with Gasteiger partial charge in [-0.15, -0.1) is 11.3 Å². The zero-order chi connectivity index (χ0) is 16.4. The van der Waals surface area contributed by atoms with Gasteiger partial charge < -0.3 is 10.4 Å². The number of phenolic OH excluding ortho intramolecular Hbond substituents is 1. The van der Waals surface area contributed by atoms with E-state index in [0.29, 0.717) is 11.1 Å². The van der Waals surface area contributed by atoms with Crippen molar-refractivity contribution in [1.29, 1.82) is 0 Å². The second kappa shape index (κ2) is 6.66. The van der Waals surface area contributed by atoms with Gasteiger partial charge in [-0.2, -0.15) is 0 Å². The molecule has 122 valence electrons. The number of hydrogen-bond acceptors (Lipinski definition) is 6. The van der Waals surface area contributed by atoms with Crippen LogP contribution in [-0.2, 0) is 0 Å². The van der Waals surface area contributed by atoms with E-state index in [0.717, 1.165) is 31.1 Å². The molecular formula is C16H19N3O3S. The number of aromatic hydroxyl groups is 1. The molecule has 3 rings (SSSR count). The van der Waals surface area contributed by atoms with Crippen molar-refractivity contribution in [3.63, 3.8) is 0 Å². The highest BCUT2D eigenvalue weighted by atomic mass is 32.1. The van der Waals surface area contributed by atoms with Gasteiger partial charge in [-0.25, -0.2) is 0 Å². The van der Waals surface area contributed by atoms with Gasteiger partial charge in [0.2, 0.25) is 0 Å². The summed E-state index contributed by atoms with van der Waals surface area (Å²) in [5, 5.41) is 27.4. The Kier molecular flexibility index (Phi) is 4.61. The van der Waals surface area contributed by atoms with Crippen LogP contribution < -0.4 is 5.32 Å². The number of nitrogens with zero attached hydrogens (tertiary/aromatic N) is 2. The highest BCUT2D eigenvalue weighted by molar-refractivity contribution is 7.10. The summed E-state index contributed by atoms with van der Waals surface area (Å²) >= 11 is 1.56. The maximum Gasteiger partial charge on any atom is 0.278 e. The van der Waals surface area contributed by atoms with Crippen molar-refractivity contribution >= 4 is 17.0 Å². The highest BCUT2D eigenvalue weighted by Crippen LogP contribution is 2.43. The minimum atomic E-state index is -0.405. The fourth-order valence-electron chi connectivity index (χ4n) is 3.03. The summed E-state index contributed by atoms with van der Waals surface area (Å²) in [7, 11) is 0. The first-order chi connectivity index (χ1) is 11.1. The van der Waals surface area contributed by atoms with E-state index in [-0.39, 0.29) is 17.5 Å². The molecule has 1 atom stereocenters. The fraction of sp³-hybridized carbons (Fsp3) is 0.375. The Balaban J connectivity index is 2.17. The summed E-state index contributed by atoms with van der Waals surface area (Å²) < 4.78 is 0. The van der Waals surface area contributed by atoms with Gasteiger partial charge in [0.05, 0.1) is 16.5 Å². The molecule has 23 heavy (non-hydrogen) atoms. The zero-order valence-electron chi connectivity index (χ0n) is 12.9. The molecule has 0 spiro atoms. The average molecular weight is 333 g/mol. The summed E-state index contributed by atoms with van der Waals surface area (Å²) in [6.45, 7) is 5.01. The first-order valence-electron chi connectivity index (χ1n) is 7.54. The molecular weight excluding hydrogens is 314 g/mol. The highest BCUT2D eigenvalue weighted by Gasteiger charge is 2.33. The van der Waals surface area contributed by atoms with Crippen LogP contribution in [0.4, 0.5) is 5.69 Å². The molecule has 2 heterocycles. The van der Waals surface area contributed by atoms with Crippen molar-refractivity contribution in [1.82, 2.24) is 10.2 Å². The van der Waals surface area contributed by atoms with E-state index in [4.69, 9.17) is 0 Å². The molecule has 2 N–H and O–H groups in total. The Hall–Kier alpha value is -1.96. The Bertz CT molecular complexity index is 697. The normalized spacial score (nSPS) is 17.1. The van der Waals surface area contributed by atoms with Crippen LogP contribution in [0.1, 0.15) is 22.0 Å². The standard InChI is InChI=1S/C16H19N3O3S/c1-11-4-5-12(19(21)22)14(16(11)20)15(13-3-2-10-23-13)18-8-6-17-7-9-18/h2-5,10,15,17,20H,6-9H2,1H3/t15-/m0/s1. The van der Waals surface area contributed by atoms with E-state index >= 15 is 0 Å². The lowest BCUT2D eigenvalue weighted by Crippen LogP contribution is -2.45. The van der Waals surface area contributed by atoms with Gasteiger partial charge in [-0.1, -0.05) is 6.07 Å². The number of nitrogens with one attached hydrogen (secondary N) is 1. The number of benzene rings is 1. The number of nitro groups is 1. The lowest BCUT2D eigenvalue weighted by molar-refractivity contribution is -0.386. The molecule has 2 aromatic rings. The van der Waals surface area contributed by atoms with Gasteiger partial charge in [0.15, 0.2) is 0 Å². The molecule has 0 amide bonds. The molecule has 1 fully saturated rings. The predicted octanol–water partition coefficient (Wildman–Crippen LogP) is 2.66. The molecule has 6 nitrogen and oxygen atoms in total. The Morgan fingerprint density at radius 2 is 2.09 bits per heavy atom. The lowest BCUT2D eigenvalue weighted by atomic mass is 9.97. The Morgan fingerprint density at radius 3 is 2.70 bits per heavy atom. The number of piperazine rings is 1.